The molecule has 3 heteroatoms. The van der Waals surface area contributed by atoms with Crippen molar-refractivity contribution in [2.45, 2.75) is 18.1 Å². The molecule has 1 aromatic rings. The molecule has 2 unspecified atom stereocenters. The molecule has 2 nitrogen and oxygen atoms in total. The van der Waals surface area contributed by atoms with E-state index < -0.39 is 10.8 Å². The second kappa shape index (κ2) is 3.50. The maximum atomic E-state index is 11.5. The fourth-order valence-electron chi connectivity index (χ4n) is 1.74. The number of phenols is 1. The second-order valence-electron chi connectivity index (χ2n) is 3.27. The summed E-state index contributed by atoms with van der Waals surface area (Å²) in [5.41, 5.74) is 0.846. The molecule has 1 N–H and O–H groups in total. The van der Waals surface area contributed by atoms with Crippen molar-refractivity contribution in [2.24, 2.45) is 0 Å². The molecule has 13 heavy (non-hydrogen) atoms. The minimum atomic E-state index is -0.782. The molecule has 1 aromatic carbocycles. The molecule has 1 saturated heterocycles. The van der Waals surface area contributed by atoms with Crippen molar-refractivity contribution in [3.63, 3.8) is 0 Å². The normalized spacial score (nSPS) is 27.7. The Balaban J connectivity index is 2.34. The van der Waals surface area contributed by atoms with E-state index in [1.54, 1.807) is 12.1 Å². The number of para-hydroxylation sites is 1. The lowest BCUT2D eigenvalue weighted by Crippen LogP contribution is -1.99. The lowest BCUT2D eigenvalue weighted by atomic mass is 10.1. The fraction of sp³-hybridized carbons (Fsp3) is 0.400. The van der Waals surface area contributed by atoms with Gasteiger partial charge in [-0.05, 0) is 18.9 Å². The van der Waals surface area contributed by atoms with E-state index in [-0.39, 0.29) is 11.0 Å². The summed E-state index contributed by atoms with van der Waals surface area (Å²) in [6.07, 6.45) is 1.94. The Morgan fingerprint density at radius 1 is 1.38 bits per heavy atom. The maximum Gasteiger partial charge on any atom is 0.119 e. The van der Waals surface area contributed by atoms with Crippen LogP contribution in [0.4, 0.5) is 0 Å². The van der Waals surface area contributed by atoms with Crippen molar-refractivity contribution in [3.8, 4) is 5.75 Å². The van der Waals surface area contributed by atoms with Crippen LogP contribution in [0.2, 0.25) is 0 Å². The summed E-state index contributed by atoms with van der Waals surface area (Å²) in [5, 5.41) is 9.61. The SMILES string of the molecule is O=S1CCCC1c1ccccc1O. The van der Waals surface area contributed by atoms with Gasteiger partial charge in [0.25, 0.3) is 0 Å². The van der Waals surface area contributed by atoms with Crippen molar-refractivity contribution >= 4 is 10.8 Å². The molecule has 1 aliphatic heterocycles. The first-order chi connectivity index (χ1) is 6.29. The molecule has 2 atom stereocenters. The number of rotatable bonds is 1. The molecule has 2 rings (SSSR count). The summed E-state index contributed by atoms with van der Waals surface area (Å²) in [6, 6.07) is 7.19. The minimum Gasteiger partial charge on any atom is -0.508 e. The highest BCUT2D eigenvalue weighted by Crippen LogP contribution is 2.35. The van der Waals surface area contributed by atoms with Gasteiger partial charge in [-0.15, -0.1) is 0 Å². The van der Waals surface area contributed by atoms with Gasteiger partial charge in [0.05, 0.1) is 5.25 Å². The van der Waals surface area contributed by atoms with E-state index in [0.717, 1.165) is 24.2 Å². The lowest BCUT2D eigenvalue weighted by Gasteiger charge is -2.09. The minimum absolute atomic E-state index is 0.0567. The highest BCUT2D eigenvalue weighted by Gasteiger charge is 2.26. The van der Waals surface area contributed by atoms with E-state index in [1.807, 2.05) is 12.1 Å². The molecule has 0 aliphatic carbocycles. The molecule has 0 amide bonds. The first kappa shape index (κ1) is 8.75. The monoisotopic (exact) mass is 196 g/mol. The maximum absolute atomic E-state index is 11.5. The van der Waals surface area contributed by atoms with Gasteiger partial charge >= 0.3 is 0 Å². The molecule has 0 saturated carbocycles. The highest BCUT2D eigenvalue weighted by atomic mass is 32.2. The van der Waals surface area contributed by atoms with Gasteiger partial charge in [-0.2, -0.15) is 0 Å². The largest absolute Gasteiger partial charge is 0.508 e. The van der Waals surface area contributed by atoms with Gasteiger partial charge in [-0.1, -0.05) is 18.2 Å². The van der Waals surface area contributed by atoms with E-state index >= 15 is 0 Å². The fourth-order valence-corrected chi connectivity index (χ4v) is 3.39. The number of hydrogen-bond donors (Lipinski definition) is 1. The Morgan fingerprint density at radius 2 is 2.15 bits per heavy atom. The molecule has 0 bridgehead atoms. The topological polar surface area (TPSA) is 37.3 Å². The van der Waals surface area contributed by atoms with E-state index in [4.69, 9.17) is 0 Å². The first-order valence-electron chi connectivity index (χ1n) is 4.44. The van der Waals surface area contributed by atoms with Crippen LogP contribution in [-0.2, 0) is 10.8 Å². The second-order valence-corrected chi connectivity index (χ2v) is 5.01. The summed E-state index contributed by atoms with van der Waals surface area (Å²) in [7, 11) is -0.782. The van der Waals surface area contributed by atoms with Crippen molar-refractivity contribution in [1.29, 1.82) is 0 Å². The number of hydrogen-bond acceptors (Lipinski definition) is 2. The van der Waals surface area contributed by atoms with Crippen molar-refractivity contribution in [1.82, 2.24) is 0 Å². The third-order valence-electron chi connectivity index (χ3n) is 2.41. The van der Waals surface area contributed by atoms with Crippen molar-refractivity contribution in [3.05, 3.63) is 29.8 Å². The Labute approximate surface area is 80.1 Å². The summed E-state index contributed by atoms with van der Waals surface area (Å²) in [5.74, 6) is 1.06. The van der Waals surface area contributed by atoms with Gasteiger partial charge in [0.2, 0.25) is 0 Å². The molecule has 1 heterocycles. The van der Waals surface area contributed by atoms with Crippen LogP contribution in [0.1, 0.15) is 23.7 Å². The van der Waals surface area contributed by atoms with Gasteiger partial charge in [-0.25, -0.2) is 0 Å². The average molecular weight is 196 g/mol. The predicted molar refractivity (Wildman–Crippen MR) is 53.1 cm³/mol. The third-order valence-corrected chi connectivity index (χ3v) is 4.23. The number of phenolic OH excluding ortho intramolecular Hbond substituents is 1. The third kappa shape index (κ3) is 1.61. The molecule has 1 fully saturated rings. The van der Waals surface area contributed by atoms with Gasteiger partial charge in [0.1, 0.15) is 5.75 Å². The zero-order chi connectivity index (χ0) is 9.26. The van der Waals surface area contributed by atoms with E-state index in [1.165, 1.54) is 0 Å². The molecule has 0 radical (unpaired) electrons. The highest BCUT2D eigenvalue weighted by molar-refractivity contribution is 7.85. The first-order valence-corrected chi connectivity index (χ1v) is 5.82. The Bertz CT molecular complexity index is 335. The van der Waals surface area contributed by atoms with Gasteiger partial charge in [-0.3, -0.25) is 4.21 Å². The molecule has 70 valence electrons. The van der Waals surface area contributed by atoms with Crippen LogP contribution < -0.4 is 0 Å². The molecular formula is C10H12O2S. The van der Waals surface area contributed by atoms with E-state index in [9.17, 15) is 9.32 Å². The lowest BCUT2D eigenvalue weighted by molar-refractivity contribution is 0.466. The summed E-state index contributed by atoms with van der Waals surface area (Å²) in [6.45, 7) is 0. The smallest absolute Gasteiger partial charge is 0.119 e. The van der Waals surface area contributed by atoms with Gasteiger partial charge in [0, 0.05) is 22.1 Å². The summed E-state index contributed by atoms with van der Waals surface area (Å²) < 4.78 is 11.5. The van der Waals surface area contributed by atoms with Crippen LogP contribution >= 0.6 is 0 Å². The Morgan fingerprint density at radius 3 is 2.77 bits per heavy atom. The Hall–Kier alpha value is -0.830. The Kier molecular flexibility index (Phi) is 2.36. The van der Waals surface area contributed by atoms with Crippen LogP contribution in [0.15, 0.2) is 24.3 Å². The van der Waals surface area contributed by atoms with Crippen LogP contribution in [0.25, 0.3) is 0 Å². The number of aromatic hydroxyl groups is 1. The predicted octanol–water partition coefficient (Wildman–Crippen LogP) is 1.98. The quantitative estimate of drug-likeness (QED) is 0.745. The summed E-state index contributed by atoms with van der Waals surface area (Å²) >= 11 is 0. The molecule has 0 spiro atoms. The van der Waals surface area contributed by atoms with Gasteiger partial charge < -0.3 is 5.11 Å². The number of benzene rings is 1. The van der Waals surface area contributed by atoms with Crippen LogP contribution in [0.3, 0.4) is 0 Å². The summed E-state index contributed by atoms with van der Waals surface area (Å²) in [4.78, 5) is 0. The van der Waals surface area contributed by atoms with Crippen molar-refractivity contribution in [2.75, 3.05) is 5.75 Å². The zero-order valence-electron chi connectivity index (χ0n) is 7.27. The standard InChI is InChI=1S/C10H12O2S/c11-9-5-2-1-4-8(9)10-6-3-7-13(10)12/h1-2,4-5,10-11H,3,6-7H2. The van der Waals surface area contributed by atoms with E-state index in [0.29, 0.717) is 0 Å². The van der Waals surface area contributed by atoms with E-state index in [2.05, 4.69) is 0 Å². The van der Waals surface area contributed by atoms with Crippen molar-refractivity contribution < 1.29 is 9.32 Å². The van der Waals surface area contributed by atoms with Crippen LogP contribution in [0.5, 0.6) is 5.75 Å². The molecule has 1 aliphatic rings. The molecule has 0 aromatic heterocycles. The van der Waals surface area contributed by atoms with Crippen LogP contribution in [-0.4, -0.2) is 15.1 Å². The van der Waals surface area contributed by atoms with Crippen LogP contribution in [0, 0.1) is 0 Å². The van der Waals surface area contributed by atoms with Gasteiger partial charge in [0.15, 0.2) is 0 Å². The zero-order valence-corrected chi connectivity index (χ0v) is 8.09. The average Bonchev–Trinajstić information content (AvgIpc) is 2.52. The molecular weight excluding hydrogens is 184 g/mol.